The van der Waals surface area contributed by atoms with Crippen LogP contribution in [0.3, 0.4) is 0 Å². The molecule has 0 amide bonds. The lowest BCUT2D eigenvalue weighted by Gasteiger charge is -2.10. The number of aromatic amines is 2. The average molecular weight is 447 g/mol. The zero-order valence-electron chi connectivity index (χ0n) is 18.7. The fraction of sp³-hybridized carbons (Fsp3) is 0.115. The molecule has 0 aromatic carbocycles. The molecule has 8 heteroatoms. The van der Waals surface area contributed by atoms with Gasteiger partial charge in [-0.2, -0.15) is 5.10 Å². The topological polar surface area (TPSA) is 108 Å². The van der Waals surface area contributed by atoms with E-state index in [9.17, 15) is 0 Å². The van der Waals surface area contributed by atoms with E-state index >= 15 is 0 Å². The highest BCUT2D eigenvalue weighted by Crippen LogP contribution is 2.33. The summed E-state index contributed by atoms with van der Waals surface area (Å²) < 4.78 is 0. The Kier molecular flexibility index (Phi) is 4.76. The second-order valence-electron chi connectivity index (χ2n) is 8.47. The van der Waals surface area contributed by atoms with Crippen LogP contribution in [0.4, 0.5) is 5.69 Å². The molecule has 3 N–H and O–H groups in total. The van der Waals surface area contributed by atoms with E-state index in [0.29, 0.717) is 6.04 Å². The molecule has 0 atom stereocenters. The van der Waals surface area contributed by atoms with E-state index in [4.69, 9.17) is 0 Å². The van der Waals surface area contributed by atoms with E-state index in [-0.39, 0.29) is 0 Å². The number of rotatable bonds is 5. The molecule has 34 heavy (non-hydrogen) atoms. The van der Waals surface area contributed by atoms with Crippen LogP contribution >= 0.6 is 0 Å². The predicted octanol–water partition coefficient (Wildman–Crippen LogP) is 5.45. The highest BCUT2D eigenvalue weighted by atomic mass is 15.2. The first kappa shape index (κ1) is 20.0. The van der Waals surface area contributed by atoms with Gasteiger partial charge in [-0.05, 0) is 50.2 Å². The summed E-state index contributed by atoms with van der Waals surface area (Å²) in [5.41, 5.74) is 8.02. The van der Waals surface area contributed by atoms with Gasteiger partial charge in [0.1, 0.15) is 11.3 Å². The lowest BCUT2D eigenvalue weighted by atomic mass is 10.1. The van der Waals surface area contributed by atoms with Gasteiger partial charge in [0.2, 0.25) is 0 Å². The van der Waals surface area contributed by atoms with Crippen LogP contribution in [0.5, 0.6) is 0 Å². The minimum Gasteiger partial charge on any atom is -0.382 e. The van der Waals surface area contributed by atoms with Gasteiger partial charge in [-0.15, -0.1) is 0 Å². The molecule has 0 aliphatic carbocycles. The summed E-state index contributed by atoms with van der Waals surface area (Å²) in [5, 5.41) is 12.9. The molecule has 0 unspecified atom stereocenters. The Morgan fingerprint density at radius 1 is 0.824 bits per heavy atom. The second-order valence-corrected chi connectivity index (χ2v) is 8.47. The molecule has 0 bridgehead atoms. The van der Waals surface area contributed by atoms with Gasteiger partial charge in [0.05, 0.1) is 17.1 Å². The van der Waals surface area contributed by atoms with Crippen LogP contribution < -0.4 is 5.32 Å². The monoisotopic (exact) mass is 446 g/mol. The first-order valence-corrected chi connectivity index (χ1v) is 11.1. The Balaban J connectivity index is 1.45. The van der Waals surface area contributed by atoms with E-state index in [1.807, 2.05) is 42.9 Å². The molecule has 0 spiro atoms. The van der Waals surface area contributed by atoms with Crippen molar-refractivity contribution in [1.29, 1.82) is 0 Å². The summed E-state index contributed by atoms with van der Waals surface area (Å²) in [6.07, 6.45) is 9.10. The molecule has 6 aromatic rings. The highest BCUT2D eigenvalue weighted by Gasteiger charge is 2.16. The van der Waals surface area contributed by atoms with E-state index in [1.54, 1.807) is 12.4 Å². The molecule has 6 rings (SSSR count). The third-order valence-corrected chi connectivity index (χ3v) is 5.67. The molecular formula is C26H22N8. The van der Waals surface area contributed by atoms with Gasteiger partial charge < -0.3 is 10.3 Å². The lowest BCUT2D eigenvalue weighted by Crippen LogP contribution is -2.09. The maximum absolute atomic E-state index is 4.61. The van der Waals surface area contributed by atoms with Crippen LogP contribution in [0.25, 0.3) is 55.8 Å². The van der Waals surface area contributed by atoms with Crippen molar-refractivity contribution in [2.45, 2.75) is 19.9 Å². The van der Waals surface area contributed by atoms with E-state index in [0.717, 1.165) is 61.5 Å². The van der Waals surface area contributed by atoms with Crippen LogP contribution in [-0.4, -0.2) is 41.2 Å². The number of nitrogens with one attached hydrogen (secondary N) is 3. The van der Waals surface area contributed by atoms with Crippen LogP contribution in [0.2, 0.25) is 0 Å². The van der Waals surface area contributed by atoms with Crippen molar-refractivity contribution in [2.75, 3.05) is 5.32 Å². The highest BCUT2D eigenvalue weighted by molar-refractivity contribution is 5.99. The minimum absolute atomic E-state index is 0.324. The minimum atomic E-state index is 0.324. The van der Waals surface area contributed by atoms with E-state index in [1.165, 1.54) is 0 Å². The number of fused-ring (bicyclic) bond motifs is 2. The van der Waals surface area contributed by atoms with Gasteiger partial charge >= 0.3 is 0 Å². The number of hydrogen-bond acceptors (Lipinski definition) is 6. The van der Waals surface area contributed by atoms with Gasteiger partial charge in [0.15, 0.2) is 5.65 Å². The average Bonchev–Trinajstić information content (AvgIpc) is 3.48. The zero-order valence-corrected chi connectivity index (χ0v) is 18.7. The molecule has 166 valence electrons. The normalized spacial score (nSPS) is 11.5. The number of H-pyrrole nitrogens is 2. The third-order valence-electron chi connectivity index (χ3n) is 5.67. The fourth-order valence-electron chi connectivity index (χ4n) is 4.18. The molecule has 0 fully saturated rings. The molecule has 0 saturated heterocycles. The van der Waals surface area contributed by atoms with Crippen molar-refractivity contribution < 1.29 is 0 Å². The number of pyridine rings is 4. The summed E-state index contributed by atoms with van der Waals surface area (Å²) in [6.45, 7) is 4.21. The molecule has 0 aliphatic heterocycles. The van der Waals surface area contributed by atoms with Crippen molar-refractivity contribution in [3.8, 4) is 33.8 Å². The quantitative estimate of drug-likeness (QED) is 0.325. The predicted molar refractivity (Wildman–Crippen MR) is 134 cm³/mol. The van der Waals surface area contributed by atoms with Crippen molar-refractivity contribution >= 4 is 27.8 Å². The number of aromatic nitrogens is 7. The van der Waals surface area contributed by atoms with Crippen LogP contribution in [0.1, 0.15) is 13.8 Å². The molecule has 0 aliphatic rings. The molecule has 0 saturated carbocycles. The van der Waals surface area contributed by atoms with Crippen molar-refractivity contribution in [3.63, 3.8) is 0 Å². The first-order chi connectivity index (χ1) is 16.7. The van der Waals surface area contributed by atoms with Crippen molar-refractivity contribution in [2.24, 2.45) is 0 Å². The molecule has 8 nitrogen and oxygen atoms in total. The first-order valence-electron chi connectivity index (χ1n) is 11.1. The van der Waals surface area contributed by atoms with Crippen molar-refractivity contribution in [3.05, 3.63) is 73.4 Å². The lowest BCUT2D eigenvalue weighted by molar-refractivity contribution is 0.898. The van der Waals surface area contributed by atoms with Gasteiger partial charge in [0.25, 0.3) is 0 Å². The van der Waals surface area contributed by atoms with Gasteiger partial charge in [0, 0.05) is 64.5 Å². The third kappa shape index (κ3) is 3.55. The number of hydrogen-bond donors (Lipinski definition) is 3. The van der Waals surface area contributed by atoms with Crippen molar-refractivity contribution in [1.82, 2.24) is 35.1 Å². The fourth-order valence-corrected chi connectivity index (χ4v) is 4.18. The maximum atomic E-state index is 4.61. The van der Waals surface area contributed by atoms with Crippen LogP contribution in [-0.2, 0) is 0 Å². The molecule has 0 radical (unpaired) electrons. The Bertz CT molecular complexity index is 1610. The van der Waals surface area contributed by atoms with Gasteiger partial charge in [-0.3, -0.25) is 15.1 Å². The summed E-state index contributed by atoms with van der Waals surface area (Å²) >= 11 is 0. The van der Waals surface area contributed by atoms with Gasteiger partial charge in [-0.25, -0.2) is 9.97 Å². The summed E-state index contributed by atoms with van der Waals surface area (Å²) in [5.74, 6) is 0. The Morgan fingerprint density at radius 3 is 2.59 bits per heavy atom. The second kappa shape index (κ2) is 8.08. The van der Waals surface area contributed by atoms with Gasteiger partial charge in [-0.1, -0.05) is 6.07 Å². The van der Waals surface area contributed by atoms with Crippen LogP contribution in [0.15, 0.2) is 73.4 Å². The maximum Gasteiger partial charge on any atom is 0.155 e. The SMILES string of the molecule is CC(C)Nc1cncc(-c2cnc3[nH]nc(-c4cc5c(-c6ccccn6)ccnc5[nH]4)c3c2)c1. The largest absolute Gasteiger partial charge is 0.382 e. The molecule has 6 aromatic heterocycles. The molecular weight excluding hydrogens is 424 g/mol. The standard InChI is InChI=1S/C26H22N8/c1-15(2)31-18-9-16(12-27-14-18)17-10-21-24(33-34-26(21)30-13-17)23-11-20-19(6-8-29-25(20)32-23)22-5-3-4-7-28-22/h3-15,31H,1-2H3,(H,29,32)(H,30,33,34). The Morgan fingerprint density at radius 2 is 1.74 bits per heavy atom. The Hall–Kier alpha value is -4.59. The van der Waals surface area contributed by atoms with E-state index in [2.05, 4.69) is 72.5 Å². The smallest absolute Gasteiger partial charge is 0.155 e. The summed E-state index contributed by atoms with van der Waals surface area (Å²) in [6, 6.07) is 14.4. The van der Waals surface area contributed by atoms with Crippen LogP contribution in [0, 0.1) is 0 Å². The molecule has 6 heterocycles. The Labute approximate surface area is 195 Å². The number of anilines is 1. The number of nitrogens with zero attached hydrogens (tertiary/aromatic N) is 5. The summed E-state index contributed by atoms with van der Waals surface area (Å²) in [4.78, 5) is 21.5. The van der Waals surface area contributed by atoms with E-state index < -0.39 is 0 Å². The zero-order chi connectivity index (χ0) is 23.1. The summed E-state index contributed by atoms with van der Waals surface area (Å²) in [7, 11) is 0.